The number of nitrogen functional groups attached to an aromatic ring is 1. The number of hydrogen-bond donors (Lipinski definition) is 2. The molecular weight excluding hydrogens is 364 g/mol. The lowest BCUT2D eigenvalue weighted by atomic mass is 10.1. The lowest BCUT2D eigenvalue weighted by molar-refractivity contribution is 0.102. The molecule has 0 aromatic heterocycles. The molecule has 0 spiro atoms. The number of rotatable bonds is 4. The predicted molar refractivity (Wildman–Crippen MR) is 106 cm³/mol. The number of carbonyl (C=O) groups is 1. The van der Waals surface area contributed by atoms with E-state index in [0.717, 1.165) is 5.56 Å². The predicted octanol–water partition coefficient (Wildman–Crippen LogP) is 1.77. The Morgan fingerprint density at radius 2 is 1.78 bits per heavy atom. The SMILES string of the molecule is Cc1ccc(N)cc1C(=O)Nc1cccc(S(=O)(=O)N2CCN(C)CC2)c1. The Morgan fingerprint density at radius 1 is 1.07 bits per heavy atom. The first-order valence-electron chi connectivity index (χ1n) is 8.73. The summed E-state index contributed by atoms with van der Waals surface area (Å²) in [6.07, 6.45) is 0. The highest BCUT2D eigenvalue weighted by atomic mass is 32.2. The molecule has 8 heteroatoms. The van der Waals surface area contributed by atoms with Gasteiger partial charge in [-0.1, -0.05) is 12.1 Å². The van der Waals surface area contributed by atoms with E-state index in [2.05, 4.69) is 10.2 Å². The molecule has 1 amide bonds. The van der Waals surface area contributed by atoms with E-state index in [1.807, 2.05) is 14.0 Å². The summed E-state index contributed by atoms with van der Waals surface area (Å²) in [7, 11) is -1.62. The molecule has 1 aliphatic heterocycles. The summed E-state index contributed by atoms with van der Waals surface area (Å²) >= 11 is 0. The van der Waals surface area contributed by atoms with Gasteiger partial charge in [0.05, 0.1) is 4.90 Å². The van der Waals surface area contributed by atoms with Gasteiger partial charge >= 0.3 is 0 Å². The van der Waals surface area contributed by atoms with Crippen LogP contribution in [-0.2, 0) is 10.0 Å². The highest BCUT2D eigenvalue weighted by Crippen LogP contribution is 2.22. The average Bonchev–Trinajstić information content (AvgIpc) is 2.64. The first-order chi connectivity index (χ1) is 12.8. The van der Waals surface area contributed by atoms with Crippen LogP contribution in [0.15, 0.2) is 47.4 Å². The Bertz CT molecular complexity index is 951. The number of piperazine rings is 1. The summed E-state index contributed by atoms with van der Waals surface area (Å²) in [6, 6.07) is 11.5. The van der Waals surface area contributed by atoms with Crippen molar-refractivity contribution in [2.45, 2.75) is 11.8 Å². The minimum absolute atomic E-state index is 0.175. The lowest BCUT2D eigenvalue weighted by Crippen LogP contribution is -2.47. The maximum atomic E-state index is 12.9. The van der Waals surface area contributed by atoms with E-state index in [1.54, 1.807) is 36.4 Å². The second kappa shape index (κ2) is 7.67. The van der Waals surface area contributed by atoms with Crippen LogP contribution in [-0.4, -0.2) is 56.8 Å². The van der Waals surface area contributed by atoms with Crippen molar-refractivity contribution in [2.75, 3.05) is 44.3 Å². The zero-order chi connectivity index (χ0) is 19.6. The Hall–Kier alpha value is -2.42. The topological polar surface area (TPSA) is 95.7 Å². The molecule has 2 aromatic rings. The Balaban J connectivity index is 1.81. The van der Waals surface area contributed by atoms with Gasteiger partial charge in [0.15, 0.2) is 0 Å². The van der Waals surface area contributed by atoms with E-state index in [0.29, 0.717) is 43.1 Å². The van der Waals surface area contributed by atoms with E-state index in [-0.39, 0.29) is 10.8 Å². The smallest absolute Gasteiger partial charge is 0.256 e. The highest BCUT2D eigenvalue weighted by Gasteiger charge is 2.27. The highest BCUT2D eigenvalue weighted by molar-refractivity contribution is 7.89. The molecule has 144 valence electrons. The molecule has 0 unspecified atom stereocenters. The Morgan fingerprint density at radius 3 is 2.48 bits per heavy atom. The van der Waals surface area contributed by atoms with Gasteiger partial charge in [-0.25, -0.2) is 8.42 Å². The summed E-state index contributed by atoms with van der Waals surface area (Å²) in [5, 5.41) is 2.76. The fraction of sp³-hybridized carbons (Fsp3) is 0.316. The van der Waals surface area contributed by atoms with Crippen molar-refractivity contribution in [1.82, 2.24) is 9.21 Å². The Labute approximate surface area is 159 Å². The van der Waals surface area contributed by atoms with Gasteiger partial charge in [-0.2, -0.15) is 4.31 Å². The summed E-state index contributed by atoms with van der Waals surface area (Å²) in [4.78, 5) is 14.8. The van der Waals surface area contributed by atoms with E-state index < -0.39 is 10.0 Å². The number of aryl methyl sites for hydroxylation is 1. The van der Waals surface area contributed by atoms with Gasteiger partial charge in [0.25, 0.3) is 5.91 Å². The van der Waals surface area contributed by atoms with Crippen LogP contribution in [0.1, 0.15) is 15.9 Å². The van der Waals surface area contributed by atoms with Gasteiger partial charge in [0, 0.05) is 43.1 Å². The number of amides is 1. The number of hydrogen-bond acceptors (Lipinski definition) is 5. The van der Waals surface area contributed by atoms with E-state index in [9.17, 15) is 13.2 Å². The number of anilines is 2. The van der Waals surface area contributed by atoms with Crippen molar-refractivity contribution in [2.24, 2.45) is 0 Å². The van der Waals surface area contributed by atoms with Crippen LogP contribution in [0.4, 0.5) is 11.4 Å². The number of nitrogens with zero attached hydrogens (tertiary/aromatic N) is 2. The monoisotopic (exact) mass is 388 g/mol. The summed E-state index contributed by atoms with van der Waals surface area (Å²) in [6.45, 7) is 4.13. The fourth-order valence-electron chi connectivity index (χ4n) is 2.99. The molecular formula is C19H24N4O3S. The van der Waals surface area contributed by atoms with Crippen molar-refractivity contribution in [3.8, 4) is 0 Å². The van der Waals surface area contributed by atoms with Crippen LogP contribution < -0.4 is 11.1 Å². The maximum absolute atomic E-state index is 12.9. The minimum Gasteiger partial charge on any atom is -0.399 e. The molecule has 0 saturated carbocycles. The van der Waals surface area contributed by atoms with Crippen molar-refractivity contribution in [1.29, 1.82) is 0 Å². The molecule has 3 N–H and O–H groups in total. The van der Waals surface area contributed by atoms with Gasteiger partial charge in [-0.3, -0.25) is 4.79 Å². The maximum Gasteiger partial charge on any atom is 0.256 e. The van der Waals surface area contributed by atoms with Crippen molar-refractivity contribution in [3.05, 3.63) is 53.6 Å². The molecule has 1 saturated heterocycles. The third-order valence-corrected chi connectivity index (χ3v) is 6.59. The first kappa shape index (κ1) is 19.3. The zero-order valence-electron chi connectivity index (χ0n) is 15.5. The summed E-state index contributed by atoms with van der Waals surface area (Å²) in [5.74, 6) is -0.325. The van der Waals surface area contributed by atoms with Crippen LogP contribution in [0.3, 0.4) is 0 Å². The standard InChI is InChI=1S/C19H24N4O3S/c1-14-6-7-15(20)12-18(14)19(24)21-16-4-3-5-17(13-16)27(25,26)23-10-8-22(2)9-11-23/h3-7,12-13H,8-11,20H2,1-2H3,(H,21,24). The molecule has 2 aromatic carbocycles. The molecule has 7 nitrogen and oxygen atoms in total. The molecule has 0 bridgehead atoms. The molecule has 0 aliphatic carbocycles. The Kier molecular flexibility index (Phi) is 5.50. The summed E-state index contributed by atoms with van der Waals surface area (Å²) in [5.41, 5.74) is 7.94. The fourth-order valence-corrected chi connectivity index (χ4v) is 4.46. The second-order valence-electron chi connectivity index (χ2n) is 6.76. The van der Waals surface area contributed by atoms with E-state index >= 15 is 0 Å². The number of likely N-dealkylation sites (N-methyl/N-ethyl adjacent to an activating group) is 1. The number of sulfonamides is 1. The van der Waals surface area contributed by atoms with E-state index in [4.69, 9.17) is 5.73 Å². The van der Waals surface area contributed by atoms with Crippen molar-refractivity contribution < 1.29 is 13.2 Å². The van der Waals surface area contributed by atoms with Crippen LogP contribution >= 0.6 is 0 Å². The van der Waals surface area contributed by atoms with Gasteiger partial charge in [-0.05, 0) is 49.9 Å². The zero-order valence-corrected chi connectivity index (χ0v) is 16.3. The number of benzene rings is 2. The summed E-state index contributed by atoms with van der Waals surface area (Å²) < 4.78 is 27.2. The van der Waals surface area contributed by atoms with Gasteiger partial charge < -0.3 is 16.0 Å². The lowest BCUT2D eigenvalue weighted by Gasteiger charge is -2.31. The quantitative estimate of drug-likeness (QED) is 0.778. The molecule has 1 aliphatic rings. The third-order valence-electron chi connectivity index (χ3n) is 4.70. The minimum atomic E-state index is -3.59. The number of nitrogens with one attached hydrogen (secondary N) is 1. The van der Waals surface area contributed by atoms with E-state index in [1.165, 1.54) is 10.4 Å². The molecule has 0 atom stereocenters. The first-order valence-corrected chi connectivity index (χ1v) is 10.2. The normalized spacial score (nSPS) is 16.2. The van der Waals surface area contributed by atoms with Crippen LogP contribution in [0, 0.1) is 6.92 Å². The van der Waals surface area contributed by atoms with Crippen LogP contribution in [0.2, 0.25) is 0 Å². The molecule has 1 heterocycles. The average molecular weight is 388 g/mol. The van der Waals surface area contributed by atoms with Crippen molar-refractivity contribution >= 4 is 27.3 Å². The van der Waals surface area contributed by atoms with Gasteiger partial charge in [-0.15, -0.1) is 0 Å². The second-order valence-corrected chi connectivity index (χ2v) is 8.70. The molecule has 1 fully saturated rings. The molecule has 0 radical (unpaired) electrons. The van der Waals surface area contributed by atoms with Gasteiger partial charge in [0.2, 0.25) is 10.0 Å². The van der Waals surface area contributed by atoms with Crippen LogP contribution in [0.25, 0.3) is 0 Å². The number of carbonyl (C=O) groups excluding carboxylic acids is 1. The van der Waals surface area contributed by atoms with Gasteiger partial charge in [0.1, 0.15) is 0 Å². The van der Waals surface area contributed by atoms with Crippen molar-refractivity contribution in [3.63, 3.8) is 0 Å². The van der Waals surface area contributed by atoms with Crippen LogP contribution in [0.5, 0.6) is 0 Å². The molecule has 3 rings (SSSR count). The molecule has 27 heavy (non-hydrogen) atoms. The third kappa shape index (κ3) is 4.29. The largest absolute Gasteiger partial charge is 0.399 e. The number of nitrogens with two attached hydrogens (primary N) is 1.